The second-order valence-electron chi connectivity index (χ2n) is 8.86. The molecule has 0 saturated heterocycles. The van der Waals surface area contributed by atoms with Crippen LogP contribution in [0.25, 0.3) is 33.8 Å². The number of halogens is 1. The van der Waals surface area contributed by atoms with Crippen LogP contribution >= 0.6 is 0 Å². The standard InChI is InChI=1S/C32H26FNO3/c1-2-24-5-3-4-6-28(24)30-20-34(31-17-9-22(19-29(30)31)10-18-32(35)36)26-13-7-23(8-14-26)21-37-27-15-11-25(33)12-16-27/h2-9,11-17,19-20H,1,10,18,21H2,(H,35,36). The van der Waals surface area contributed by atoms with Gasteiger partial charge >= 0.3 is 5.97 Å². The van der Waals surface area contributed by atoms with Crippen molar-refractivity contribution in [3.05, 3.63) is 126 Å². The molecule has 0 aliphatic heterocycles. The third kappa shape index (κ3) is 5.31. The summed E-state index contributed by atoms with van der Waals surface area (Å²) in [5.41, 5.74) is 7.17. The third-order valence-electron chi connectivity index (χ3n) is 6.40. The van der Waals surface area contributed by atoms with Gasteiger partial charge in [-0.25, -0.2) is 4.39 Å². The van der Waals surface area contributed by atoms with Gasteiger partial charge < -0.3 is 14.4 Å². The number of aromatic nitrogens is 1. The van der Waals surface area contributed by atoms with Gasteiger partial charge in [0.25, 0.3) is 0 Å². The fraction of sp³-hybridized carbons (Fsp3) is 0.0938. The van der Waals surface area contributed by atoms with E-state index in [1.54, 1.807) is 12.1 Å². The van der Waals surface area contributed by atoms with E-state index >= 15 is 0 Å². The van der Waals surface area contributed by atoms with Gasteiger partial charge in [0.15, 0.2) is 0 Å². The number of fused-ring (bicyclic) bond motifs is 1. The van der Waals surface area contributed by atoms with Crippen LogP contribution in [0.5, 0.6) is 5.75 Å². The second-order valence-corrected chi connectivity index (χ2v) is 8.86. The van der Waals surface area contributed by atoms with Crippen molar-refractivity contribution in [3.8, 4) is 22.6 Å². The van der Waals surface area contributed by atoms with Crippen LogP contribution in [0.1, 0.15) is 23.1 Å². The Labute approximate surface area is 214 Å². The van der Waals surface area contributed by atoms with Crippen molar-refractivity contribution in [3.63, 3.8) is 0 Å². The Morgan fingerprint density at radius 3 is 2.38 bits per heavy atom. The molecule has 1 N–H and O–H groups in total. The number of hydrogen-bond donors (Lipinski definition) is 1. The second kappa shape index (κ2) is 10.5. The Hall–Kier alpha value is -4.64. The normalized spacial score (nSPS) is 10.9. The highest BCUT2D eigenvalue weighted by Gasteiger charge is 2.15. The molecular weight excluding hydrogens is 465 g/mol. The van der Waals surface area contributed by atoms with E-state index in [0.29, 0.717) is 18.8 Å². The van der Waals surface area contributed by atoms with Crippen molar-refractivity contribution in [2.45, 2.75) is 19.4 Å². The number of nitrogens with zero attached hydrogens (tertiary/aromatic N) is 1. The number of carboxylic acid groups (broad SMARTS) is 1. The molecule has 0 amide bonds. The Bertz CT molecular complexity index is 1570. The monoisotopic (exact) mass is 491 g/mol. The van der Waals surface area contributed by atoms with Gasteiger partial charge in [0, 0.05) is 29.3 Å². The number of benzene rings is 4. The van der Waals surface area contributed by atoms with Crippen LogP contribution in [0, 0.1) is 5.82 Å². The minimum atomic E-state index is -0.807. The Kier molecular flexibility index (Phi) is 6.86. The molecule has 0 aliphatic carbocycles. The topological polar surface area (TPSA) is 51.5 Å². The molecule has 184 valence electrons. The number of aryl methyl sites for hydroxylation is 1. The zero-order chi connectivity index (χ0) is 25.8. The Morgan fingerprint density at radius 1 is 0.919 bits per heavy atom. The lowest BCUT2D eigenvalue weighted by Gasteiger charge is -2.09. The zero-order valence-corrected chi connectivity index (χ0v) is 20.2. The summed E-state index contributed by atoms with van der Waals surface area (Å²) >= 11 is 0. The summed E-state index contributed by atoms with van der Waals surface area (Å²) in [6, 6.07) is 28.4. The van der Waals surface area contributed by atoms with E-state index in [2.05, 4.69) is 35.5 Å². The highest BCUT2D eigenvalue weighted by molar-refractivity contribution is 5.99. The van der Waals surface area contributed by atoms with Gasteiger partial charge in [0.05, 0.1) is 5.52 Å². The maximum atomic E-state index is 13.1. The van der Waals surface area contributed by atoms with Crippen molar-refractivity contribution in [2.75, 3.05) is 0 Å². The van der Waals surface area contributed by atoms with Crippen LogP contribution in [0.2, 0.25) is 0 Å². The summed E-state index contributed by atoms with van der Waals surface area (Å²) in [6.07, 6.45) is 4.54. The number of aliphatic carboxylic acids is 1. The summed E-state index contributed by atoms with van der Waals surface area (Å²) < 4.78 is 21.1. The first-order valence-electron chi connectivity index (χ1n) is 12.1. The first kappa shape index (κ1) is 24.1. The molecule has 0 bridgehead atoms. The molecule has 0 saturated carbocycles. The van der Waals surface area contributed by atoms with Crippen LogP contribution in [-0.4, -0.2) is 15.6 Å². The lowest BCUT2D eigenvalue weighted by atomic mass is 9.97. The van der Waals surface area contributed by atoms with E-state index in [1.165, 1.54) is 12.1 Å². The molecule has 4 nitrogen and oxygen atoms in total. The molecule has 0 atom stereocenters. The molecule has 5 rings (SSSR count). The van der Waals surface area contributed by atoms with Gasteiger partial charge in [-0.2, -0.15) is 0 Å². The zero-order valence-electron chi connectivity index (χ0n) is 20.2. The van der Waals surface area contributed by atoms with Gasteiger partial charge in [-0.1, -0.05) is 55.1 Å². The van der Waals surface area contributed by atoms with Gasteiger partial charge in [0.2, 0.25) is 0 Å². The molecule has 0 unspecified atom stereocenters. The van der Waals surface area contributed by atoms with E-state index < -0.39 is 5.97 Å². The predicted octanol–water partition coefficient (Wildman–Crippen LogP) is 7.68. The van der Waals surface area contributed by atoms with Gasteiger partial charge in [-0.05, 0) is 77.2 Å². The van der Waals surface area contributed by atoms with Gasteiger partial charge in [-0.15, -0.1) is 0 Å². The van der Waals surface area contributed by atoms with Crippen molar-refractivity contribution >= 4 is 22.9 Å². The van der Waals surface area contributed by atoms with Crippen molar-refractivity contribution in [1.29, 1.82) is 0 Å². The van der Waals surface area contributed by atoms with Gasteiger partial charge in [0.1, 0.15) is 18.2 Å². The van der Waals surface area contributed by atoms with E-state index in [1.807, 2.05) is 54.6 Å². The van der Waals surface area contributed by atoms with Crippen LogP contribution in [-0.2, 0) is 17.8 Å². The molecule has 0 fully saturated rings. The number of carbonyl (C=O) groups is 1. The molecule has 0 radical (unpaired) electrons. The molecule has 5 heteroatoms. The maximum Gasteiger partial charge on any atom is 0.303 e. The maximum absolute atomic E-state index is 13.1. The summed E-state index contributed by atoms with van der Waals surface area (Å²) in [4.78, 5) is 11.1. The van der Waals surface area contributed by atoms with Crippen molar-refractivity contribution < 1.29 is 19.0 Å². The molecule has 0 spiro atoms. The smallest absolute Gasteiger partial charge is 0.303 e. The first-order valence-corrected chi connectivity index (χ1v) is 12.1. The Balaban J connectivity index is 1.50. The van der Waals surface area contributed by atoms with E-state index in [4.69, 9.17) is 9.84 Å². The largest absolute Gasteiger partial charge is 0.489 e. The Morgan fingerprint density at radius 2 is 1.65 bits per heavy atom. The molecule has 37 heavy (non-hydrogen) atoms. The van der Waals surface area contributed by atoms with Gasteiger partial charge in [-0.3, -0.25) is 4.79 Å². The number of carboxylic acids is 1. The average Bonchev–Trinajstić information content (AvgIpc) is 3.30. The molecule has 0 aliphatic rings. The highest BCUT2D eigenvalue weighted by atomic mass is 19.1. The molecule has 5 aromatic rings. The lowest BCUT2D eigenvalue weighted by molar-refractivity contribution is -0.136. The number of hydrogen-bond acceptors (Lipinski definition) is 2. The predicted molar refractivity (Wildman–Crippen MR) is 145 cm³/mol. The third-order valence-corrected chi connectivity index (χ3v) is 6.40. The van der Waals surface area contributed by atoms with Crippen LogP contribution in [0.4, 0.5) is 4.39 Å². The molecule has 4 aromatic carbocycles. The minimum absolute atomic E-state index is 0.0895. The first-order chi connectivity index (χ1) is 18.0. The lowest BCUT2D eigenvalue weighted by Crippen LogP contribution is -1.98. The highest BCUT2D eigenvalue weighted by Crippen LogP contribution is 2.35. The van der Waals surface area contributed by atoms with Crippen molar-refractivity contribution in [1.82, 2.24) is 4.57 Å². The molecule has 1 heterocycles. The van der Waals surface area contributed by atoms with Crippen LogP contribution < -0.4 is 4.74 Å². The summed E-state index contributed by atoms with van der Waals surface area (Å²) in [5, 5.41) is 10.2. The number of rotatable bonds is 9. The average molecular weight is 492 g/mol. The van der Waals surface area contributed by atoms with E-state index in [0.717, 1.165) is 44.4 Å². The number of ether oxygens (including phenoxy) is 1. The van der Waals surface area contributed by atoms with Crippen molar-refractivity contribution in [2.24, 2.45) is 0 Å². The van der Waals surface area contributed by atoms with E-state index in [-0.39, 0.29) is 12.2 Å². The summed E-state index contributed by atoms with van der Waals surface area (Å²) in [5.74, 6) is -0.482. The summed E-state index contributed by atoms with van der Waals surface area (Å²) in [7, 11) is 0. The SMILES string of the molecule is C=Cc1ccccc1-c1cn(-c2ccc(COc3ccc(F)cc3)cc2)c2ccc(CCC(=O)O)cc12. The van der Waals surface area contributed by atoms with Crippen LogP contribution in [0.3, 0.4) is 0 Å². The summed E-state index contributed by atoms with van der Waals surface area (Å²) in [6.45, 7) is 4.36. The quantitative estimate of drug-likeness (QED) is 0.230. The van der Waals surface area contributed by atoms with E-state index in [9.17, 15) is 9.18 Å². The van der Waals surface area contributed by atoms with Crippen LogP contribution in [0.15, 0.2) is 104 Å². The fourth-order valence-corrected chi connectivity index (χ4v) is 4.48. The molecule has 1 aromatic heterocycles. The minimum Gasteiger partial charge on any atom is -0.489 e. The fourth-order valence-electron chi connectivity index (χ4n) is 4.48. The molecular formula is C32H26FNO3.